The highest BCUT2D eigenvalue weighted by atomic mass is 19.1. The van der Waals surface area contributed by atoms with Crippen LogP contribution in [0.4, 0.5) is 10.1 Å². The van der Waals surface area contributed by atoms with Crippen molar-refractivity contribution in [3.63, 3.8) is 0 Å². The predicted molar refractivity (Wildman–Crippen MR) is 83.3 cm³/mol. The zero-order valence-corrected chi connectivity index (χ0v) is 12.6. The van der Waals surface area contributed by atoms with Crippen LogP contribution in [0.2, 0.25) is 0 Å². The molecule has 0 saturated carbocycles. The lowest BCUT2D eigenvalue weighted by molar-refractivity contribution is 0.0759. The topological polar surface area (TPSA) is 21.3 Å². The maximum Gasteiger partial charge on any atom is 0.125 e. The number of rotatable bonds is 2. The average Bonchev–Trinajstić information content (AvgIpc) is 2.41. The standard InChI is InChI=1S/C18H20FNO/c1-12-8-9-13(19)10-15(12)20-16-11-18(2,3)21-17-7-5-4-6-14(16)17/h4-10,16,20H,11H2,1-3H3. The summed E-state index contributed by atoms with van der Waals surface area (Å²) in [5.74, 6) is 0.683. The Morgan fingerprint density at radius 3 is 2.76 bits per heavy atom. The van der Waals surface area contributed by atoms with Crippen LogP contribution >= 0.6 is 0 Å². The van der Waals surface area contributed by atoms with Crippen LogP contribution in [0.5, 0.6) is 5.75 Å². The Balaban J connectivity index is 1.96. The maximum absolute atomic E-state index is 13.5. The lowest BCUT2D eigenvalue weighted by Crippen LogP contribution is -2.37. The number of hydrogen-bond acceptors (Lipinski definition) is 2. The molecule has 0 fully saturated rings. The van der Waals surface area contributed by atoms with Crippen molar-refractivity contribution in [1.82, 2.24) is 0 Å². The monoisotopic (exact) mass is 285 g/mol. The first kappa shape index (κ1) is 13.9. The van der Waals surface area contributed by atoms with Crippen LogP contribution < -0.4 is 10.1 Å². The second kappa shape index (κ2) is 5.06. The molecule has 0 radical (unpaired) electrons. The van der Waals surface area contributed by atoms with Gasteiger partial charge in [0.1, 0.15) is 17.2 Å². The summed E-state index contributed by atoms with van der Waals surface area (Å²) in [4.78, 5) is 0. The van der Waals surface area contributed by atoms with E-state index in [0.29, 0.717) is 0 Å². The summed E-state index contributed by atoms with van der Waals surface area (Å²) in [6.07, 6.45) is 0.833. The number of benzene rings is 2. The van der Waals surface area contributed by atoms with Crippen LogP contribution in [0, 0.1) is 12.7 Å². The molecular weight excluding hydrogens is 265 g/mol. The molecule has 2 aromatic rings. The Morgan fingerprint density at radius 2 is 1.95 bits per heavy atom. The van der Waals surface area contributed by atoms with Crippen LogP contribution in [0.3, 0.4) is 0 Å². The van der Waals surface area contributed by atoms with Crippen LogP contribution in [-0.2, 0) is 0 Å². The van der Waals surface area contributed by atoms with E-state index < -0.39 is 0 Å². The number of hydrogen-bond donors (Lipinski definition) is 1. The van der Waals surface area contributed by atoms with E-state index in [4.69, 9.17) is 4.74 Å². The third-order valence-electron chi connectivity index (χ3n) is 3.91. The van der Waals surface area contributed by atoms with Gasteiger partial charge in [0.05, 0.1) is 6.04 Å². The van der Waals surface area contributed by atoms with Gasteiger partial charge in [-0.15, -0.1) is 0 Å². The second-order valence-corrected chi connectivity index (χ2v) is 6.26. The molecule has 0 amide bonds. The Bertz CT molecular complexity index is 666. The number of fused-ring (bicyclic) bond motifs is 1. The molecule has 1 N–H and O–H groups in total. The Hall–Kier alpha value is -2.03. The molecule has 0 bridgehead atoms. The van der Waals surface area contributed by atoms with Gasteiger partial charge < -0.3 is 10.1 Å². The van der Waals surface area contributed by atoms with E-state index >= 15 is 0 Å². The molecule has 2 aromatic carbocycles. The van der Waals surface area contributed by atoms with E-state index in [-0.39, 0.29) is 17.5 Å². The van der Waals surface area contributed by atoms with Crippen molar-refractivity contribution >= 4 is 5.69 Å². The molecular formula is C18H20FNO. The fraction of sp³-hybridized carbons (Fsp3) is 0.333. The fourth-order valence-electron chi connectivity index (χ4n) is 2.87. The molecule has 0 saturated heterocycles. The molecule has 110 valence electrons. The van der Waals surface area contributed by atoms with Crippen LogP contribution in [0.25, 0.3) is 0 Å². The van der Waals surface area contributed by atoms with E-state index in [1.807, 2.05) is 25.1 Å². The molecule has 3 heteroatoms. The molecule has 2 nitrogen and oxygen atoms in total. The summed E-state index contributed by atoms with van der Waals surface area (Å²) < 4.78 is 19.5. The third kappa shape index (κ3) is 2.87. The summed E-state index contributed by atoms with van der Waals surface area (Å²) >= 11 is 0. The lowest BCUT2D eigenvalue weighted by atomic mass is 9.89. The minimum Gasteiger partial charge on any atom is -0.487 e. The highest BCUT2D eigenvalue weighted by Gasteiger charge is 2.33. The van der Waals surface area contributed by atoms with Gasteiger partial charge in [0.25, 0.3) is 0 Å². The molecule has 1 atom stereocenters. The molecule has 1 unspecified atom stereocenters. The third-order valence-corrected chi connectivity index (χ3v) is 3.91. The summed E-state index contributed by atoms with van der Waals surface area (Å²) in [6, 6.07) is 13.0. The van der Waals surface area contributed by atoms with Crippen molar-refractivity contribution in [3.05, 3.63) is 59.4 Å². The number of anilines is 1. The highest BCUT2D eigenvalue weighted by molar-refractivity contribution is 5.54. The van der Waals surface area contributed by atoms with Gasteiger partial charge in [-0.3, -0.25) is 0 Å². The van der Waals surface area contributed by atoms with Gasteiger partial charge in [0.2, 0.25) is 0 Å². The Morgan fingerprint density at radius 1 is 1.19 bits per heavy atom. The van der Waals surface area contributed by atoms with Gasteiger partial charge >= 0.3 is 0 Å². The fourth-order valence-corrected chi connectivity index (χ4v) is 2.87. The van der Waals surface area contributed by atoms with E-state index in [0.717, 1.165) is 29.0 Å². The molecule has 1 aliphatic rings. The van der Waals surface area contributed by atoms with Crippen LogP contribution in [0.15, 0.2) is 42.5 Å². The number of para-hydroxylation sites is 1. The van der Waals surface area contributed by atoms with Gasteiger partial charge in [-0.2, -0.15) is 0 Å². The molecule has 0 aromatic heterocycles. The van der Waals surface area contributed by atoms with E-state index in [9.17, 15) is 4.39 Å². The Kier molecular flexibility index (Phi) is 3.36. The van der Waals surface area contributed by atoms with Crippen LogP contribution in [0.1, 0.15) is 37.4 Å². The number of halogens is 1. The minimum absolute atomic E-state index is 0.116. The highest BCUT2D eigenvalue weighted by Crippen LogP contribution is 2.41. The largest absolute Gasteiger partial charge is 0.487 e. The molecule has 3 rings (SSSR count). The van der Waals surface area contributed by atoms with Gasteiger partial charge in [0, 0.05) is 17.7 Å². The zero-order chi connectivity index (χ0) is 15.0. The van der Waals surface area contributed by atoms with Crippen LogP contribution in [-0.4, -0.2) is 5.60 Å². The molecule has 0 aliphatic carbocycles. The van der Waals surface area contributed by atoms with Crippen molar-refractivity contribution in [3.8, 4) is 5.75 Å². The van der Waals surface area contributed by atoms with Crippen molar-refractivity contribution in [2.24, 2.45) is 0 Å². The first-order valence-electron chi connectivity index (χ1n) is 7.25. The number of aryl methyl sites for hydroxylation is 1. The summed E-state index contributed by atoms with van der Waals surface area (Å²) in [5.41, 5.74) is 2.76. The van der Waals surface area contributed by atoms with Gasteiger partial charge in [0.15, 0.2) is 0 Å². The first-order chi connectivity index (χ1) is 9.94. The molecule has 0 spiro atoms. The summed E-state index contributed by atoms with van der Waals surface area (Å²) in [5, 5.41) is 3.48. The second-order valence-electron chi connectivity index (χ2n) is 6.26. The van der Waals surface area contributed by atoms with Gasteiger partial charge in [-0.1, -0.05) is 24.3 Å². The summed E-state index contributed by atoms with van der Waals surface area (Å²) in [7, 11) is 0. The molecule has 1 heterocycles. The quantitative estimate of drug-likeness (QED) is 0.851. The zero-order valence-electron chi connectivity index (χ0n) is 12.6. The van der Waals surface area contributed by atoms with E-state index in [1.165, 1.54) is 6.07 Å². The van der Waals surface area contributed by atoms with Crippen molar-refractivity contribution in [2.75, 3.05) is 5.32 Å². The maximum atomic E-state index is 13.5. The van der Waals surface area contributed by atoms with E-state index in [2.05, 4.69) is 25.2 Å². The molecule has 1 aliphatic heterocycles. The van der Waals surface area contributed by atoms with Gasteiger partial charge in [-0.05, 0) is 44.5 Å². The average molecular weight is 285 g/mol. The van der Waals surface area contributed by atoms with Crippen molar-refractivity contribution in [1.29, 1.82) is 0 Å². The smallest absolute Gasteiger partial charge is 0.125 e. The summed E-state index contributed by atoms with van der Waals surface area (Å²) in [6.45, 7) is 6.14. The lowest BCUT2D eigenvalue weighted by Gasteiger charge is -2.38. The minimum atomic E-state index is -0.243. The van der Waals surface area contributed by atoms with Crippen molar-refractivity contribution in [2.45, 2.75) is 38.8 Å². The number of ether oxygens (including phenoxy) is 1. The first-order valence-corrected chi connectivity index (χ1v) is 7.25. The number of nitrogens with one attached hydrogen (secondary N) is 1. The molecule has 21 heavy (non-hydrogen) atoms. The predicted octanol–water partition coefficient (Wildman–Crippen LogP) is 4.85. The normalized spacial score (nSPS) is 19.5. The van der Waals surface area contributed by atoms with Gasteiger partial charge in [-0.25, -0.2) is 4.39 Å². The van der Waals surface area contributed by atoms with Crippen molar-refractivity contribution < 1.29 is 9.13 Å². The van der Waals surface area contributed by atoms with E-state index in [1.54, 1.807) is 12.1 Å². The SMILES string of the molecule is Cc1ccc(F)cc1NC1CC(C)(C)Oc2ccccc21. The Labute approximate surface area is 125 Å².